The molecule has 0 amide bonds. The number of aromatic amines is 1. The highest BCUT2D eigenvalue weighted by Crippen LogP contribution is 2.29. The third kappa shape index (κ3) is 2.47. The lowest BCUT2D eigenvalue weighted by Crippen LogP contribution is -1.96. The van der Waals surface area contributed by atoms with Crippen LogP contribution in [0.4, 0.5) is 4.39 Å². The van der Waals surface area contributed by atoms with E-state index in [4.69, 9.17) is 0 Å². The lowest BCUT2D eigenvalue weighted by molar-refractivity contribution is 0.475. The van der Waals surface area contributed by atoms with Crippen molar-refractivity contribution in [3.8, 4) is 17.1 Å². The number of phenols is 1. The van der Waals surface area contributed by atoms with Gasteiger partial charge in [-0.1, -0.05) is 0 Å². The molecule has 5 nitrogen and oxygen atoms in total. The molecule has 1 aromatic heterocycles. The Hall–Kier alpha value is -2.41. The van der Waals surface area contributed by atoms with Gasteiger partial charge in [0.15, 0.2) is 9.84 Å². The Balaban J connectivity index is 2.20. The van der Waals surface area contributed by atoms with Gasteiger partial charge in [-0.15, -0.1) is 0 Å². The van der Waals surface area contributed by atoms with E-state index in [1.54, 1.807) is 6.07 Å². The molecule has 21 heavy (non-hydrogen) atoms. The van der Waals surface area contributed by atoms with Gasteiger partial charge in [-0.2, -0.15) is 0 Å². The van der Waals surface area contributed by atoms with Crippen LogP contribution in [0, 0.1) is 5.82 Å². The minimum Gasteiger partial charge on any atom is -0.507 e. The molecule has 0 unspecified atom stereocenters. The van der Waals surface area contributed by atoms with E-state index in [0.717, 1.165) is 18.4 Å². The maximum atomic E-state index is 13.3. The molecule has 108 valence electrons. The Morgan fingerprint density at radius 3 is 2.67 bits per heavy atom. The Kier molecular flexibility index (Phi) is 2.94. The summed E-state index contributed by atoms with van der Waals surface area (Å²) in [6.45, 7) is 0. The molecule has 0 aliphatic rings. The van der Waals surface area contributed by atoms with Crippen LogP contribution >= 0.6 is 0 Å². The van der Waals surface area contributed by atoms with Gasteiger partial charge in [0, 0.05) is 6.26 Å². The zero-order chi connectivity index (χ0) is 15.2. The molecule has 3 rings (SSSR count). The van der Waals surface area contributed by atoms with Crippen LogP contribution in [0.2, 0.25) is 0 Å². The summed E-state index contributed by atoms with van der Waals surface area (Å²) < 4.78 is 36.3. The first kappa shape index (κ1) is 13.6. The van der Waals surface area contributed by atoms with Crippen LogP contribution in [0.15, 0.2) is 41.3 Å². The molecule has 0 spiro atoms. The number of rotatable bonds is 2. The number of fused-ring (bicyclic) bond motifs is 1. The normalized spacial score (nSPS) is 11.9. The number of aromatic nitrogens is 2. The average molecular weight is 306 g/mol. The maximum absolute atomic E-state index is 13.3. The quantitative estimate of drug-likeness (QED) is 0.762. The number of benzene rings is 2. The molecule has 3 aromatic rings. The Bertz CT molecular complexity index is 948. The van der Waals surface area contributed by atoms with E-state index in [2.05, 4.69) is 9.97 Å². The minimum absolute atomic E-state index is 0.112. The predicted molar refractivity (Wildman–Crippen MR) is 76.3 cm³/mol. The van der Waals surface area contributed by atoms with Crippen LogP contribution in [0.5, 0.6) is 5.75 Å². The highest BCUT2D eigenvalue weighted by molar-refractivity contribution is 7.90. The number of phenolic OH excluding ortho intramolecular Hbond substituents is 1. The van der Waals surface area contributed by atoms with Gasteiger partial charge in [0.1, 0.15) is 17.4 Å². The van der Waals surface area contributed by atoms with E-state index in [1.165, 1.54) is 18.2 Å². The molecule has 0 bridgehead atoms. The van der Waals surface area contributed by atoms with E-state index in [0.29, 0.717) is 11.0 Å². The molecule has 0 atom stereocenters. The Morgan fingerprint density at radius 1 is 1.19 bits per heavy atom. The second-order valence-electron chi connectivity index (χ2n) is 4.70. The summed E-state index contributed by atoms with van der Waals surface area (Å²) in [7, 11) is -3.32. The third-order valence-electron chi connectivity index (χ3n) is 3.10. The second kappa shape index (κ2) is 4.56. The van der Waals surface area contributed by atoms with Crippen LogP contribution in [-0.2, 0) is 9.84 Å². The summed E-state index contributed by atoms with van der Waals surface area (Å²) in [5.74, 6) is -0.341. The van der Waals surface area contributed by atoms with Gasteiger partial charge in [-0.25, -0.2) is 17.8 Å². The number of hydrogen-bond acceptors (Lipinski definition) is 4. The standard InChI is InChI=1S/C14H11FN2O3S/c1-21(19,20)9-3-4-11-12(7-9)17-14(16-11)10-6-8(15)2-5-13(10)18/h2-7,18H,1H3,(H,16,17). The third-order valence-corrected chi connectivity index (χ3v) is 4.21. The van der Waals surface area contributed by atoms with Gasteiger partial charge in [-0.3, -0.25) is 0 Å². The first-order valence-electron chi connectivity index (χ1n) is 6.03. The van der Waals surface area contributed by atoms with Gasteiger partial charge in [0.25, 0.3) is 0 Å². The summed E-state index contributed by atoms with van der Waals surface area (Å²) >= 11 is 0. The molecule has 2 N–H and O–H groups in total. The summed E-state index contributed by atoms with van der Waals surface area (Å²) in [6.07, 6.45) is 1.11. The summed E-state index contributed by atoms with van der Waals surface area (Å²) in [4.78, 5) is 7.28. The molecule has 0 aliphatic heterocycles. The van der Waals surface area contributed by atoms with Gasteiger partial charge in [-0.05, 0) is 36.4 Å². The molecule has 0 saturated carbocycles. The summed E-state index contributed by atoms with van der Waals surface area (Å²) in [6, 6.07) is 8.00. The van der Waals surface area contributed by atoms with Crippen molar-refractivity contribution >= 4 is 20.9 Å². The fourth-order valence-electron chi connectivity index (χ4n) is 2.04. The molecule has 7 heteroatoms. The number of halogens is 1. The second-order valence-corrected chi connectivity index (χ2v) is 6.71. The maximum Gasteiger partial charge on any atom is 0.175 e. The highest BCUT2D eigenvalue weighted by atomic mass is 32.2. The molecule has 0 radical (unpaired) electrons. The molecule has 0 aliphatic carbocycles. The molecule has 0 saturated heterocycles. The first-order chi connectivity index (χ1) is 9.84. The van der Waals surface area contributed by atoms with E-state index in [1.807, 2.05) is 0 Å². The van der Waals surface area contributed by atoms with Crippen LogP contribution in [0.25, 0.3) is 22.4 Å². The van der Waals surface area contributed by atoms with Crippen molar-refractivity contribution in [3.63, 3.8) is 0 Å². The van der Waals surface area contributed by atoms with Gasteiger partial charge in [0.2, 0.25) is 0 Å². The van der Waals surface area contributed by atoms with Gasteiger partial charge in [0.05, 0.1) is 21.5 Å². The average Bonchev–Trinajstić information content (AvgIpc) is 2.83. The Labute approximate surface area is 120 Å². The lowest BCUT2D eigenvalue weighted by Gasteiger charge is -2.00. The predicted octanol–water partition coefficient (Wildman–Crippen LogP) is 2.48. The minimum atomic E-state index is -3.32. The number of H-pyrrole nitrogens is 1. The van der Waals surface area contributed by atoms with E-state index < -0.39 is 15.7 Å². The zero-order valence-electron chi connectivity index (χ0n) is 11.0. The lowest BCUT2D eigenvalue weighted by atomic mass is 10.2. The smallest absolute Gasteiger partial charge is 0.175 e. The molecular weight excluding hydrogens is 295 g/mol. The van der Waals surface area contributed by atoms with Crippen LogP contribution in [-0.4, -0.2) is 29.7 Å². The van der Waals surface area contributed by atoms with Crippen molar-refractivity contribution in [3.05, 3.63) is 42.2 Å². The van der Waals surface area contributed by atoms with Crippen molar-refractivity contribution in [2.75, 3.05) is 6.26 Å². The number of nitrogens with one attached hydrogen (secondary N) is 1. The molecule has 2 aromatic carbocycles. The summed E-state index contributed by atoms with van der Waals surface area (Å²) in [5.41, 5.74) is 1.24. The van der Waals surface area contributed by atoms with Crippen molar-refractivity contribution in [2.24, 2.45) is 0 Å². The SMILES string of the molecule is CS(=O)(=O)c1ccc2nc(-c3cc(F)ccc3O)[nH]c2c1. The van der Waals surface area contributed by atoms with E-state index >= 15 is 0 Å². The van der Waals surface area contributed by atoms with Crippen molar-refractivity contribution < 1.29 is 17.9 Å². The van der Waals surface area contributed by atoms with Crippen molar-refractivity contribution in [1.29, 1.82) is 0 Å². The van der Waals surface area contributed by atoms with Crippen molar-refractivity contribution in [1.82, 2.24) is 9.97 Å². The topological polar surface area (TPSA) is 83.1 Å². The van der Waals surface area contributed by atoms with E-state index in [9.17, 15) is 17.9 Å². The molecule has 0 fully saturated rings. The fourth-order valence-corrected chi connectivity index (χ4v) is 2.69. The number of hydrogen-bond donors (Lipinski definition) is 2. The van der Waals surface area contributed by atoms with Gasteiger partial charge >= 0.3 is 0 Å². The van der Waals surface area contributed by atoms with E-state index in [-0.39, 0.29) is 22.0 Å². The summed E-state index contributed by atoms with van der Waals surface area (Å²) in [5, 5.41) is 9.77. The number of nitrogens with zero attached hydrogens (tertiary/aromatic N) is 1. The van der Waals surface area contributed by atoms with Crippen LogP contribution in [0.3, 0.4) is 0 Å². The highest BCUT2D eigenvalue weighted by Gasteiger charge is 2.13. The monoisotopic (exact) mass is 306 g/mol. The largest absolute Gasteiger partial charge is 0.507 e. The van der Waals surface area contributed by atoms with Gasteiger partial charge < -0.3 is 10.1 Å². The molecule has 1 heterocycles. The van der Waals surface area contributed by atoms with Crippen LogP contribution in [0.1, 0.15) is 0 Å². The Morgan fingerprint density at radius 2 is 1.95 bits per heavy atom. The fraction of sp³-hybridized carbons (Fsp3) is 0.0714. The zero-order valence-corrected chi connectivity index (χ0v) is 11.8. The van der Waals surface area contributed by atoms with Crippen LogP contribution < -0.4 is 0 Å². The molecular formula is C14H11FN2O3S. The number of sulfone groups is 1. The first-order valence-corrected chi connectivity index (χ1v) is 7.92. The van der Waals surface area contributed by atoms with Crippen molar-refractivity contribution in [2.45, 2.75) is 4.90 Å². The number of aromatic hydroxyl groups is 1. The number of imidazole rings is 1.